The summed E-state index contributed by atoms with van der Waals surface area (Å²) in [5.74, 6) is 0. The number of fused-ring (bicyclic) bond motifs is 3. The van der Waals surface area contributed by atoms with Crippen molar-refractivity contribution in [1.29, 1.82) is 0 Å². The summed E-state index contributed by atoms with van der Waals surface area (Å²) in [4.78, 5) is 4.22. The van der Waals surface area contributed by atoms with E-state index < -0.39 is 0 Å². The molecule has 1 nitrogen and oxygen atoms in total. The van der Waals surface area contributed by atoms with Crippen LogP contribution in [0.1, 0.15) is 25.0 Å². The van der Waals surface area contributed by atoms with Crippen LogP contribution in [0.25, 0.3) is 11.1 Å². The third kappa shape index (κ3) is 1.01. The molecular weight excluding hydrogens is 182 g/mol. The third-order valence-electron chi connectivity index (χ3n) is 3.38. The first-order chi connectivity index (χ1) is 7.21. The molecule has 0 amide bonds. The average molecular weight is 195 g/mol. The molecule has 0 aliphatic heterocycles. The van der Waals surface area contributed by atoms with Gasteiger partial charge in [0.2, 0.25) is 0 Å². The van der Waals surface area contributed by atoms with E-state index in [0.717, 1.165) is 0 Å². The lowest BCUT2D eigenvalue weighted by atomic mass is 9.83. The number of rotatable bonds is 0. The number of benzene rings is 1. The van der Waals surface area contributed by atoms with Gasteiger partial charge < -0.3 is 0 Å². The van der Waals surface area contributed by atoms with E-state index in [0.29, 0.717) is 0 Å². The third-order valence-corrected chi connectivity index (χ3v) is 3.38. The van der Waals surface area contributed by atoms with Gasteiger partial charge in [-0.2, -0.15) is 0 Å². The van der Waals surface area contributed by atoms with Crippen LogP contribution in [0.4, 0.5) is 0 Å². The van der Waals surface area contributed by atoms with Crippen molar-refractivity contribution in [2.24, 2.45) is 0 Å². The molecule has 0 saturated heterocycles. The zero-order valence-corrected chi connectivity index (χ0v) is 8.99. The van der Waals surface area contributed by atoms with Crippen molar-refractivity contribution in [3.8, 4) is 11.1 Å². The van der Waals surface area contributed by atoms with Crippen molar-refractivity contribution < 1.29 is 0 Å². The molecule has 3 rings (SSSR count). The van der Waals surface area contributed by atoms with E-state index in [-0.39, 0.29) is 5.41 Å². The molecule has 2 aromatic rings. The molecule has 1 aliphatic carbocycles. The molecule has 0 unspecified atom stereocenters. The van der Waals surface area contributed by atoms with Crippen LogP contribution in [0.15, 0.2) is 42.7 Å². The van der Waals surface area contributed by atoms with E-state index >= 15 is 0 Å². The molecule has 1 aromatic carbocycles. The molecule has 15 heavy (non-hydrogen) atoms. The zero-order chi connectivity index (χ0) is 10.5. The molecule has 0 saturated carbocycles. The van der Waals surface area contributed by atoms with Crippen LogP contribution >= 0.6 is 0 Å². The van der Waals surface area contributed by atoms with Crippen molar-refractivity contribution >= 4 is 0 Å². The minimum atomic E-state index is 0.120. The molecule has 0 bridgehead atoms. The molecular formula is C14H13N. The molecule has 74 valence electrons. The Labute approximate surface area is 89.8 Å². The standard InChI is InChI=1S/C14H13N/c1-14(2)12-6-4-3-5-10(12)11-9-15-8-7-13(11)14/h3-9H,1-2H3. The van der Waals surface area contributed by atoms with Gasteiger partial charge in [0.25, 0.3) is 0 Å². The number of hydrogen-bond acceptors (Lipinski definition) is 1. The maximum Gasteiger partial charge on any atom is 0.0349 e. The Morgan fingerprint density at radius 2 is 1.67 bits per heavy atom. The van der Waals surface area contributed by atoms with Crippen molar-refractivity contribution in [3.63, 3.8) is 0 Å². The Kier molecular flexibility index (Phi) is 1.55. The van der Waals surface area contributed by atoms with Crippen LogP contribution in [0, 0.1) is 0 Å². The van der Waals surface area contributed by atoms with Gasteiger partial charge in [0, 0.05) is 23.4 Å². The van der Waals surface area contributed by atoms with E-state index in [4.69, 9.17) is 0 Å². The van der Waals surface area contributed by atoms with Crippen LogP contribution in [0.3, 0.4) is 0 Å². The van der Waals surface area contributed by atoms with Crippen LogP contribution < -0.4 is 0 Å². The van der Waals surface area contributed by atoms with Gasteiger partial charge in [0.15, 0.2) is 0 Å². The maximum absolute atomic E-state index is 4.22. The molecule has 1 aromatic heterocycles. The predicted octanol–water partition coefficient (Wildman–Crippen LogP) is 3.39. The summed E-state index contributed by atoms with van der Waals surface area (Å²) in [7, 11) is 0. The predicted molar refractivity (Wildman–Crippen MR) is 61.8 cm³/mol. The number of aromatic nitrogens is 1. The normalized spacial score (nSPS) is 15.9. The largest absolute Gasteiger partial charge is 0.264 e. The lowest BCUT2D eigenvalue weighted by Gasteiger charge is -2.20. The Hall–Kier alpha value is -1.63. The van der Waals surface area contributed by atoms with E-state index in [9.17, 15) is 0 Å². The summed E-state index contributed by atoms with van der Waals surface area (Å²) in [6, 6.07) is 10.7. The fourth-order valence-electron chi connectivity index (χ4n) is 2.56. The van der Waals surface area contributed by atoms with Gasteiger partial charge in [-0.25, -0.2) is 0 Å². The molecule has 0 N–H and O–H groups in total. The summed E-state index contributed by atoms with van der Waals surface area (Å²) >= 11 is 0. The molecule has 1 heterocycles. The zero-order valence-electron chi connectivity index (χ0n) is 8.99. The van der Waals surface area contributed by atoms with Gasteiger partial charge in [-0.1, -0.05) is 38.1 Å². The summed E-state index contributed by atoms with van der Waals surface area (Å²) in [6.45, 7) is 4.55. The second kappa shape index (κ2) is 2.69. The quantitative estimate of drug-likeness (QED) is 0.628. The van der Waals surface area contributed by atoms with E-state index in [2.05, 4.69) is 49.2 Å². The Bertz CT molecular complexity index is 479. The molecule has 0 fully saturated rings. The highest BCUT2D eigenvalue weighted by Crippen LogP contribution is 2.47. The second-order valence-electron chi connectivity index (χ2n) is 4.59. The maximum atomic E-state index is 4.22. The number of hydrogen-bond donors (Lipinski definition) is 0. The Morgan fingerprint density at radius 3 is 2.53 bits per heavy atom. The van der Waals surface area contributed by atoms with E-state index in [1.165, 1.54) is 22.3 Å². The average Bonchev–Trinajstić information content (AvgIpc) is 2.51. The minimum Gasteiger partial charge on any atom is -0.264 e. The fourth-order valence-corrected chi connectivity index (χ4v) is 2.56. The minimum absolute atomic E-state index is 0.120. The topological polar surface area (TPSA) is 12.9 Å². The number of nitrogens with zero attached hydrogens (tertiary/aromatic N) is 1. The van der Waals surface area contributed by atoms with E-state index in [1.54, 1.807) is 0 Å². The first-order valence-corrected chi connectivity index (χ1v) is 5.25. The first kappa shape index (κ1) is 8.66. The van der Waals surface area contributed by atoms with Gasteiger partial charge in [-0.15, -0.1) is 0 Å². The highest BCUT2D eigenvalue weighted by Gasteiger charge is 2.34. The first-order valence-electron chi connectivity index (χ1n) is 5.25. The van der Waals surface area contributed by atoms with Crippen molar-refractivity contribution in [2.75, 3.05) is 0 Å². The highest BCUT2D eigenvalue weighted by molar-refractivity contribution is 5.79. The monoisotopic (exact) mass is 195 g/mol. The Balaban J connectivity index is 2.42. The smallest absolute Gasteiger partial charge is 0.0349 e. The molecule has 1 heteroatoms. The van der Waals surface area contributed by atoms with Crippen LogP contribution in [0.2, 0.25) is 0 Å². The molecule has 0 atom stereocenters. The van der Waals surface area contributed by atoms with Crippen molar-refractivity contribution in [1.82, 2.24) is 4.98 Å². The molecule has 1 aliphatic rings. The fraction of sp³-hybridized carbons (Fsp3) is 0.214. The van der Waals surface area contributed by atoms with Gasteiger partial charge >= 0.3 is 0 Å². The van der Waals surface area contributed by atoms with Crippen molar-refractivity contribution in [2.45, 2.75) is 19.3 Å². The van der Waals surface area contributed by atoms with E-state index in [1.807, 2.05) is 12.4 Å². The summed E-state index contributed by atoms with van der Waals surface area (Å²) in [5, 5.41) is 0. The highest BCUT2D eigenvalue weighted by atomic mass is 14.6. The van der Waals surface area contributed by atoms with Crippen LogP contribution in [0.5, 0.6) is 0 Å². The van der Waals surface area contributed by atoms with Gasteiger partial charge in [0.1, 0.15) is 0 Å². The van der Waals surface area contributed by atoms with Gasteiger partial charge in [-0.05, 0) is 22.8 Å². The SMILES string of the molecule is CC1(C)c2ccccc2-c2cnccc21. The van der Waals surface area contributed by atoms with Crippen molar-refractivity contribution in [3.05, 3.63) is 53.9 Å². The lowest BCUT2D eigenvalue weighted by molar-refractivity contribution is 0.659. The van der Waals surface area contributed by atoms with Crippen LogP contribution in [-0.2, 0) is 5.41 Å². The molecule has 0 spiro atoms. The second-order valence-corrected chi connectivity index (χ2v) is 4.59. The number of pyridine rings is 1. The molecule has 0 radical (unpaired) electrons. The lowest BCUT2D eigenvalue weighted by Crippen LogP contribution is -2.14. The van der Waals surface area contributed by atoms with Crippen LogP contribution in [-0.4, -0.2) is 4.98 Å². The van der Waals surface area contributed by atoms with Gasteiger partial charge in [0.05, 0.1) is 0 Å². The summed E-state index contributed by atoms with van der Waals surface area (Å²) in [5.41, 5.74) is 5.55. The summed E-state index contributed by atoms with van der Waals surface area (Å²) in [6.07, 6.45) is 3.86. The van der Waals surface area contributed by atoms with Gasteiger partial charge in [-0.3, -0.25) is 4.98 Å². The Morgan fingerprint density at radius 1 is 0.933 bits per heavy atom. The summed E-state index contributed by atoms with van der Waals surface area (Å²) < 4.78 is 0.